The molecule has 0 unspecified atom stereocenters. The second-order valence-corrected chi connectivity index (χ2v) is 20.0. The van der Waals surface area contributed by atoms with Gasteiger partial charge in [-0.3, -0.25) is 14.5 Å². The Labute approximate surface area is 272 Å². The van der Waals surface area contributed by atoms with Crippen LogP contribution in [0.25, 0.3) is 0 Å². The first-order valence-corrected chi connectivity index (χ1v) is 20.0. The van der Waals surface area contributed by atoms with Crippen molar-refractivity contribution >= 4 is 26.7 Å². The summed E-state index contributed by atoms with van der Waals surface area (Å²) in [5.41, 5.74) is -0.795. The van der Waals surface area contributed by atoms with Crippen molar-refractivity contribution in [2.24, 2.45) is 5.92 Å². The predicted octanol–water partition coefficient (Wildman–Crippen LogP) is 6.41. The number of piperazine rings is 1. The van der Waals surface area contributed by atoms with E-state index in [0.29, 0.717) is 37.4 Å². The molecular formula is C35H60N2O7Si. The van der Waals surface area contributed by atoms with Crippen LogP contribution in [0.4, 0.5) is 4.79 Å². The summed E-state index contributed by atoms with van der Waals surface area (Å²) in [7, 11) is -2.27. The molecule has 0 aromatic carbocycles. The first-order chi connectivity index (χ1) is 21.0. The first kappa shape index (κ1) is 37.4. The molecule has 1 saturated carbocycles. The van der Waals surface area contributed by atoms with E-state index in [0.717, 1.165) is 13.1 Å². The molecule has 1 aliphatic carbocycles. The number of rotatable bonds is 6. The van der Waals surface area contributed by atoms with Crippen LogP contribution >= 0.6 is 0 Å². The van der Waals surface area contributed by atoms with Crippen LogP contribution in [0.5, 0.6) is 0 Å². The molecule has 1 saturated heterocycles. The summed E-state index contributed by atoms with van der Waals surface area (Å²) in [5, 5.41) is 11.7. The molecule has 0 aromatic heterocycles. The molecule has 2 heterocycles. The number of cyclic esters (lactones) is 1. The number of esters is 1. The van der Waals surface area contributed by atoms with E-state index in [2.05, 4.69) is 38.8 Å². The molecule has 0 spiro atoms. The van der Waals surface area contributed by atoms with Gasteiger partial charge in [-0.25, -0.2) is 4.79 Å². The van der Waals surface area contributed by atoms with Crippen molar-refractivity contribution in [3.8, 4) is 0 Å². The van der Waals surface area contributed by atoms with E-state index in [1.54, 1.807) is 24.8 Å². The maximum absolute atomic E-state index is 13.5. The lowest BCUT2D eigenvalue weighted by atomic mass is 9.89. The van der Waals surface area contributed by atoms with Gasteiger partial charge in [-0.1, -0.05) is 59.5 Å². The Kier molecular flexibility index (Phi) is 13.5. The van der Waals surface area contributed by atoms with Crippen molar-refractivity contribution in [3.63, 3.8) is 0 Å². The number of carbonyl (C=O) groups excluding carboxylic acids is 3. The van der Waals surface area contributed by atoms with Crippen LogP contribution < -0.4 is 0 Å². The predicted molar refractivity (Wildman–Crippen MR) is 179 cm³/mol. The van der Waals surface area contributed by atoms with E-state index in [9.17, 15) is 19.5 Å². The average molecular weight is 649 g/mol. The molecule has 10 heteroatoms. The highest BCUT2D eigenvalue weighted by atomic mass is 28.4. The lowest BCUT2D eigenvalue weighted by Crippen LogP contribution is -2.53. The summed E-state index contributed by atoms with van der Waals surface area (Å²) in [6.45, 7) is 18.9. The standard InChI is InChI=1S/C35H60N2O7Si/c1-26-15-16-30(42-33(40)37-22-20-36(21-23-37)28-13-11-9-10-12-14-28)35(6,41)19-17-29(44-45(7,8)34(3,4)5)25-31(39)43-32(26)27(2)18-24-38/h15-16,18,24,26,28-30,32,41H,9-14,17,19-23,25H2,1-8H3/t26-,29+,30-,32-,35+/m0/s1. The zero-order valence-corrected chi connectivity index (χ0v) is 30.2. The Balaban J connectivity index is 1.82. The summed E-state index contributed by atoms with van der Waals surface area (Å²) in [4.78, 5) is 42.3. The zero-order chi connectivity index (χ0) is 33.4. The van der Waals surface area contributed by atoms with E-state index >= 15 is 0 Å². The molecule has 45 heavy (non-hydrogen) atoms. The van der Waals surface area contributed by atoms with E-state index in [-0.39, 0.29) is 23.8 Å². The summed E-state index contributed by atoms with van der Waals surface area (Å²) in [6, 6.07) is 0.599. The summed E-state index contributed by atoms with van der Waals surface area (Å²) < 4.78 is 18.7. The Morgan fingerprint density at radius 3 is 2.27 bits per heavy atom. The topological polar surface area (TPSA) is 106 Å². The number of hydrogen-bond donors (Lipinski definition) is 1. The molecule has 1 amide bonds. The summed E-state index contributed by atoms with van der Waals surface area (Å²) >= 11 is 0. The smallest absolute Gasteiger partial charge is 0.410 e. The average Bonchev–Trinajstić information content (AvgIpc) is 3.25. The van der Waals surface area contributed by atoms with Crippen molar-refractivity contribution in [2.75, 3.05) is 26.2 Å². The van der Waals surface area contributed by atoms with Gasteiger partial charge in [0.1, 0.15) is 18.0 Å². The SMILES string of the molecule is CC(=CC=O)[C@H]1OC(=O)C[C@H](O[Si](C)(C)C(C)(C)C)CC[C@@](C)(O)[C@@H](OC(=O)N2CCN(C3CCCCCC3)CC2)C=C[C@@H]1C. The molecule has 2 fully saturated rings. The highest BCUT2D eigenvalue weighted by molar-refractivity contribution is 6.74. The van der Waals surface area contributed by atoms with E-state index in [1.807, 2.05) is 13.0 Å². The zero-order valence-electron chi connectivity index (χ0n) is 29.2. The van der Waals surface area contributed by atoms with Crippen LogP contribution in [0.15, 0.2) is 23.8 Å². The summed E-state index contributed by atoms with van der Waals surface area (Å²) in [5.74, 6) is -0.752. The van der Waals surface area contributed by atoms with Crippen LogP contribution in [-0.4, -0.2) is 97.7 Å². The summed E-state index contributed by atoms with van der Waals surface area (Å²) in [6.07, 6.45) is 11.4. The van der Waals surface area contributed by atoms with Crippen LogP contribution in [-0.2, 0) is 23.5 Å². The molecule has 3 aliphatic rings. The van der Waals surface area contributed by atoms with E-state index in [1.165, 1.54) is 44.6 Å². The number of carbonyl (C=O) groups is 3. The molecule has 1 N–H and O–H groups in total. The van der Waals surface area contributed by atoms with E-state index < -0.39 is 44.3 Å². The normalized spacial score (nSPS) is 30.9. The fourth-order valence-corrected chi connectivity index (χ4v) is 7.80. The maximum Gasteiger partial charge on any atom is 0.410 e. The van der Waals surface area contributed by atoms with Gasteiger partial charge < -0.3 is 23.9 Å². The number of allylic oxidation sites excluding steroid dienone is 1. The number of aliphatic hydroxyl groups is 1. The number of nitrogens with zero attached hydrogens (tertiary/aromatic N) is 2. The molecule has 2 aliphatic heterocycles. The van der Waals surface area contributed by atoms with Crippen molar-refractivity contribution in [3.05, 3.63) is 23.8 Å². The Hall–Kier alpha value is -2.01. The fourth-order valence-electron chi connectivity index (χ4n) is 6.41. The lowest BCUT2D eigenvalue weighted by molar-refractivity contribution is -0.151. The van der Waals surface area contributed by atoms with Crippen molar-refractivity contribution < 1.29 is 33.4 Å². The minimum atomic E-state index is -2.27. The lowest BCUT2D eigenvalue weighted by Gasteiger charge is -2.41. The number of amides is 1. The largest absolute Gasteiger partial charge is 0.457 e. The molecule has 9 nitrogen and oxygen atoms in total. The van der Waals surface area contributed by atoms with Gasteiger partial charge in [0, 0.05) is 38.1 Å². The molecule has 256 valence electrons. The molecule has 0 aromatic rings. The number of aldehydes is 1. The maximum atomic E-state index is 13.5. The van der Waals surface area contributed by atoms with Crippen LogP contribution in [0.1, 0.15) is 99.3 Å². The Morgan fingerprint density at radius 2 is 1.69 bits per heavy atom. The van der Waals surface area contributed by atoms with Gasteiger partial charge in [0.05, 0.1) is 12.5 Å². The number of hydrogen-bond acceptors (Lipinski definition) is 8. The molecule has 0 radical (unpaired) electrons. The quantitative estimate of drug-likeness (QED) is 0.0881. The fraction of sp³-hybridized carbons (Fsp3) is 0.800. The van der Waals surface area contributed by atoms with Gasteiger partial charge in [0.15, 0.2) is 14.4 Å². The highest BCUT2D eigenvalue weighted by Crippen LogP contribution is 2.39. The van der Waals surface area contributed by atoms with Gasteiger partial charge in [-0.2, -0.15) is 0 Å². The molecule has 3 rings (SSSR count). The van der Waals surface area contributed by atoms with Gasteiger partial charge in [-0.05, 0) is 75.4 Å². The Bertz CT molecular complexity index is 1050. The van der Waals surface area contributed by atoms with E-state index in [4.69, 9.17) is 13.9 Å². The minimum absolute atomic E-state index is 0.0274. The van der Waals surface area contributed by atoms with Gasteiger partial charge >= 0.3 is 12.1 Å². The third kappa shape index (κ3) is 10.8. The van der Waals surface area contributed by atoms with Gasteiger partial charge in [0.25, 0.3) is 0 Å². The monoisotopic (exact) mass is 648 g/mol. The second kappa shape index (κ2) is 16.2. The third-order valence-corrected chi connectivity index (χ3v) is 15.0. The van der Waals surface area contributed by atoms with Gasteiger partial charge in [-0.15, -0.1) is 0 Å². The third-order valence-electron chi connectivity index (χ3n) is 10.5. The minimum Gasteiger partial charge on any atom is -0.457 e. The van der Waals surface area contributed by atoms with Crippen molar-refractivity contribution in [1.29, 1.82) is 0 Å². The molecule has 5 atom stereocenters. The van der Waals surface area contributed by atoms with Crippen LogP contribution in [0.3, 0.4) is 0 Å². The second-order valence-electron chi connectivity index (χ2n) is 15.3. The van der Waals surface area contributed by atoms with Crippen LogP contribution in [0, 0.1) is 5.92 Å². The van der Waals surface area contributed by atoms with Gasteiger partial charge in [0.2, 0.25) is 0 Å². The Morgan fingerprint density at radius 1 is 1.07 bits per heavy atom. The first-order valence-electron chi connectivity index (χ1n) is 17.1. The highest BCUT2D eigenvalue weighted by Gasteiger charge is 2.42. The van der Waals surface area contributed by atoms with Crippen LogP contribution in [0.2, 0.25) is 18.1 Å². The van der Waals surface area contributed by atoms with Crippen molar-refractivity contribution in [2.45, 2.75) is 147 Å². The molecular weight excluding hydrogens is 588 g/mol. The number of ether oxygens (including phenoxy) is 2. The molecule has 0 bridgehead atoms. The van der Waals surface area contributed by atoms with Crippen molar-refractivity contribution in [1.82, 2.24) is 9.80 Å².